The number of aromatic nitrogens is 2. The van der Waals surface area contributed by atoms with Crippen LogP contribution in [0.5, 0.6) is 0 Å². The largest absolute Gasteiger partial charge is 0.500 e. The Morgan fingerprint density at radius 3 is 2.22 bits per heavy atom. The van der Waals surface area contributed by atoms with E-state index in [-0.39, 0.29) is 31.6 Å². The maximum absolute atomic E-state index is 8.59. The average molecular weight is 873 g/mol. The summed E-state index contributed by atoms with van der Waals surface area (Å²) in [6, 6.07) is 33.9. The number of fused-ring (bicyclic) bond motifs is 3. The summed E-state index contributed by atoms with van der Waals surface area (Å²) in [5, 5.41) is 3.03. The third-order valence-corrected chi connectivity index (χ3v) is 10.6. The van der Waals surface area contributed by atoms with Crippen LogP contribution < -0.4 is 5.19 Å². The van der Waals surface area contributed by atoms with Gasteiger partial charge in [-0.25, -0.2) is 0 Å². The summed E-state index contributed by atoms with van der Waals surface area (Å²) in [4.78, 5) is 9.12. The van der Waals surface area contributed by atoms with Gasteiger partial charge in [-0.2, -0.15) is 0 Å². The fraction of sp³-hybridized carbons (Fsp3) is 0.261. The maximum Gasteiger partial charge on any atom is 0.128 e. The van der Waals surface area contributed by atoms with Crippen LogP contribution in [0, 0.1) is 31.8 Å². The van der Waals surface area contributed by atoms with Gasteiger partial charge in [0.2, 0.25) is 0 Å². The van der Waals surface area contributed by atoms with E-state index in [2.05, 4.69) is 61.7 Å². The molecule has 3 heterocycles. The Hall–Kier alpha value is -4.15. The second-order valence-electron chi connectivity index (χ2n) is 14.2. The fourth-order valence-corrected chi connectivity index (χ4v) is 7.39. The van der Waals surface area contributed by atoms with Gasteiger partial charge < -0.3 is 14.4 Å². The van der Waals surface area contributed by atoms with Crippen molar-refractivity contribution in [2.45, 2.75) is 73.3 Å². The quantitative estimate of drug-likeness (QED) is 0.118. The van der Waals surface area contributed by atoms with E-state index in [0.29, 0.717) is 28.3 Å². The molecule has 3 nitrogen and oxygen atoms in total. The molecule has 3 aromatic heterocycles. The molecule has 0 spiro atoms. The zero-order valence-corrected chi connectivity index (χ0v) is 33.5. The predicted octanol–water partition coefficient (Wildman–Crippen LogP) is 12.1. The molecule has 0 fully saturated rings. The number of hydrogen-bond donors (Lipinski definition) is 0. The minimum atomic E-state index is -2.16. The number of furan rings is 1. The van der Waals surface area contributed by atoms with Gasteiger partial charge in [-0.05, 0) is 53.3 Å². The molecule has 0 N–H and O–H groups in total. The van der Waals surface area contributed by atoms with Crippen molar-refractivity contribution in [3.8, 4) is 33.6 Å². The summed E-state index contributed by atoms with van der Waals surface area (Å²) in [6.07, 6.45) is 2.16. The van der Waals surface area contributed by atoms with Crippen LogP contribution in [0.3, 0.4) is 0 Å². The van der Waals surface area contributed by atoms with Crippen molar-refractivity contribution < 1.29 is 35.5 Å². The third kappa shape index (κ3) is 8.67. The van der Waals surface area contributed by atoms with E-state index in [0.717, 1.165) is 49.5 Å². The molecular formula is C46H48IrN2OSi-2. The molecule has 0 amide bonds. The molecule has 0 aliphatic carbocycles. The van der Waals surface area contributed by atoms with Crippen LogP contribution in [0.4, 0.5) is 0 Å². The topological polar surface area (TPSA) is 38.9 Å². The van der Waals surface area contributed by atoms with Crippen molar-refractivity contribution in [3.63, 3.8) is 0 Å². The van der Waals surface area contributed by atoms with Crippen LogP contribution in [0.15, 0.2) is 108 Å². The van der Waals surface area contributed by atoms with Crippen molar-refractivity contribution in [1.82, 2.24) is 9.97 Å². The maximum atomic E-state index is 8.59. The minimum absolute atomic E-state index is 0. The summed E-state index contributed by atoms with van der Waals surface area (Å²) in [6.45, 7) is 10.3. The standard InChI is InChI=1S/C27H22NO.C19H26NSi.Ir/c1-17(2)20-14-15-28-25(16-20)24-9-5-8-23-22-7-4-6-21(26(22)29-27(23)24)19-12-10-18(3)11-13-19;1-14(2)11-17-12-18(16-9-7-15(3)8-10-16)20-13-19(17)21(4,5)6;/h4-8,10-17H,1-3H3;7-9,12-14H,11H2,1-6H3;/q2*-1;/i3D3;3D3,11D2;. The smallest absolute Gasteiger partial charge is 0.128 e. The van der Waals surface area contributed by atoms with Gasteiger partial charge in [0, 0.05) is 54.4 Å². The molecule has 5 heteroatoms. The number of aryl methyl sites for hydroxylation is 2. The fourth-order valence-electron chi connectivity index (χ4n) is 5.99. The molecular weight excluding hydrogens is 817 g/mol. The number of hydrogen-bond acceptors (Lipinski definition) is 3. The number of rotatable bonds is 7. The van der Waals surface area contributed by atoms with E-state index in [9.17, 15) is 0 Å². The monoisotopic (exact) mass is 873 g/mol. The Bertz CT molecular complexity index is 2560. The number of pyridine rings is 2. The first kappa shape index (κ1) is 28.4. The third-order valence-electron chi connectivity index (χ3n) is 8.61. The van der Waals surface area contributed by atoms with E-state index < -0.39 is 28.2 Å². The second-order valence-corrected chi connectivity index (χ2v) is 19.3. The van der Waals surface area contributed by atoms with Crippen LogP contribution in [-0.4, -0.2) is 18.0 Å². The molecule has 0 saturated carbocycles. The molecule has 0 bridgehead atoms. The molecule has 263 valence electrons. The second kappa shape index (κ2) is 16.0. The first-order valence-electron chi connectivity index (χ1n) is 21.0. The van der Waals surface area contributed by atoms with Crippen LogP contribution in [0.1, 0.15) is 66.8 Å². The van der Waals surface area contributed by atoms with Gasteiger partial charge in [0.15, 0.2) is 0 Å². The van der Waals surface area contributed by atoms with Gasteiger partial charge >= 0.3 is 0 Å². The zero-order chi connectivity index (χ0) is 42.4. The predicted molar refractivity (Wildman–Crippen MR) is 215 cm³/mol. The summed E-state index contributed by atoms with van der Waals surface area (Å²) in [5.74, 6) is 0.228. The SMILES string of the molecule is [2H]C([2H])([2H])c1c[c-]c(-c2cc(C([2H])([2H])C(C)C)c([Si](C)(C)C)cn2)cc1.[2H]C([2H])([2H])c1ccc(-c2cccc3c2oc2c(-c4cc(C(C)C)ccn4)[c-]ccc23)cc1.[Ir]. The van der Waals surface area contributed by atoms with Crippen LogP contribution in [0.25, 0.3) is 55.6 Å². The van der Waals surface area contributed by atoms with Gasteiger partial charge in [0.05, 0.1) is 13.7 Å². The van der Waals surface area contributed by atoms with Gasteiger partial charge in [0.25, 0.3) is 0 Å². The van der Waals surface area contributed by atoms with Crippen LogP contribution in [-0.2, 0) is 26.5 Å². The molecule has 1 radical (unpaired) electrons. The van der Waals surface area contributed by atoms with Crippen LogP contribution >= 0.6 is 0 Å². The minimum Gasteiger partial charge on any atom is -0.500 e. The number of para-hydroxylation sites is 1. The van der Waals surface area contributed by atoms with E-state index in [1.165, 1.54) is 11.6 Å². The number of nitrogens with zero attached hydrogens (tertiary/aromatic N) is 2. The van der Waals surface area contributed by atoms with Gasteiger partial charge in [-0.3, -0.25) is 0 Å². The van der Waals surface area contributed by atoms with E-state index in [1.54, 1.807) is 30.5 Å². The van der Waals surface area contributed by atoms with Gasteiger partial charge in [-0.1, -0.05) is 136 Å². The summed E-state index contributed by atoms with van der Waals surface area (Å²) in [5.41, 5.74) is 8.77. The van der Waals surface area contributed by atoms with Crippen molar-refractivity contribution >= 4 is 35.2 Å². The van der Waals surface area contributed by atoms with Crippen molar-refractivity contribution in [2.24, 2.45) is 5.92 Å². The first-order valence-corrected chi connectivity index (χ1v) is 20.5. The van der Waals surface area contributed by atoms with Crippen molar-refractivity contribution in [3.05, 3.63) is 138 Å². The van der Waals surface area contributed by atoms with Crippen molar-refractivity contribution in [1.29, 1.82) is 0 Å². The Morgan fingerprint density at radius 2 is 1.55 bits per heavy atom. The van der Waals surface area contributed by atoms with E-state index >= 15 is 0 Å². The van der Waals surface area contributed by atoms with Gasteiger partial charge in [-0.15, -0.1) is 53.6 Å². The Labute approximate surface area is 330 Å². The van der Waals surface area contributed by atoms with Crippen molar-refractivity contribution in [2.75, 3.05) is 0 Å². The Morgan fingerprint density at radius 1 is 0.804 bits per heavy atom. The normalized spacial score (nSPS) is 14.6. The first-order chi connectivity index (χ1) is 27.1. The molecule has 0 aliphatic rings. The van der Waals surface area contributed by atoms with Gasteiger partial charge in [0.1, 0.15) is 5.58 Å². The molecule has 0 saturated heterocycles. The van der Waals surface area contributed by atoms with Crippen LogP contribution in [0.2, 0.25) is 19.6 Å². The summed E-state index contributed by atoms with van der Waals surface area (Å²) in [7, 11) is -1.78. The molecule has 51 heavy (non-hydrogen) atoms. The molecule has 0 unspecified atom stereocenters. The summed E-state index contributed by atoms with van der Waals surface area (Å²) >= 11 is 0. The molecule has 7 rings (SSSR count). The average Bonchev–Trinajstić information content (AvgIpc) is 3.56. The Balaban J connectivity index is 0.000000226. The van der Waals surface area contributed by atoms with E-state index in [1.807, 2.05) is 74.6 Å². The van der Waals surface area contributed by atoms with E-state index in [4.69, 9.17) is 15.4 Å². The molecule has 7 aromatic rings. The Kier molecular flexibility index (Phi) is 8.94. The summed E-state index contributed by atoms with van der Waals surface area (Å²) < 4.78 is 68.8. The zero-order valence-electron chi connectivity index (χ0n) is 38.1. The molecule has 4 aromatic carbocycles. The molecule has 0 aliphatic heterocycles. The number of benzene rings is 4. The molecule has 0 atom stereocenters.